The van der Waals surface area contributed by atoms with Crippen LogP contribution in [0, 0.1) is 13.8 Å². The highest BCUT2D eigenvalue weighted by molar-refractivity contribution is 7.54. The van der Waals surface area contributed by atoms with Crippen LogP contribution in [0.3, 0.4) is 0 Å². The van der Waals surface area contributed by atoms with Crippen LogP contribution in [0.15, 0.2) is 36.5 Å². The second-order valence-corrected chi connectivity index (χ2v) is 25.1. The maximum atomic E-state index is 12.5. The normalized spacial score (nSPS) is 14.4. The lowest BCUT2D eigenvalue weighted by Crippen LogP contribution is -2.23. The fourth-order valence-electron chi connectivity index (χ4n) is 6.48. The Hall–Kier alpha value is -3.54. The molecule has 2 aromatic carbocycles. The summed E-state index contributed by atoms with van der Waals surface area (Å²) in [6.07, 6.45) is 8.47. The molecule has 0 spiro atoms. The topological polar surface area (TPSA) is 153 Å². The molecular weight excluding hydrogens is 774 g/mol. The number of esters is 2. The number of benzene rings is 2. The molecule has 2 aliphatic heterocycles. The summed E-state index contributed by atoms with van der Waals surface area (Å²) in [5, 5.41) is 10.6. The standard InChI is InChI=1S/C23H35O6PSi.C18H23O6P/c1-9-18-17(3)20-14-29-23(24)21(20)22(28-12-13-31(6,7)8)19(18)11-10-16(2)15-30(25,26-4)27-5;1-6-13-12(3)15-9-24-18(20)16(15)17(19)14(13)8-7-11(2)10-25(21,22-4)23-5/h9-10H,1,11-15H2,2-8H3;6-7,19H,1,8-10H2,2-5H3/b16-10+;11-7+. The summed E-state index contributed by atoms with van der Waals surface area (Å²) in [7, 11) is -2.15. The number of phenolic OH excluding ortho intramolecular Hbond substituents is 1. The van der Waals surface area contributed by atoms with Gasteiger partial charge in [0.1, 0.15) is 35.8 Å². The summed E-state index contributed by atoms with van der Waals surface area (Å²) in [4.78, 5) is 24.4. The van der Waals surface area contributed by atoms with Gasteiger partial charge in [-0.2, -0.15) is 0 Å². The Kier molecular flexibility index (Phi) is 16.5. The summed E-state index contributed by atoms with van der Waals surface area (Å²) >= 11 is 0. The zero-order chi connectivity index (χ0) is 42.2. The van der Waals surface area contributed by atoms with Crippen molar-refractivity contribution in [2.24, 2.45) is 0 Å². The molecule has 308 valence electrons. The van der Waals surface area contributed by atoms with E-state index in [0.717, 1.165) is 50.6 Å². The molecule has 2 aromatic rings. The van der Waals surface area contributed by atoms with Gasteiger partial charge < -0.3 is 37.4 Å². The number of allylic oxidation sites excluding steroid dienone is 4. The monoisotopic (exact) mass is 832 g/mol. The largest absolute Gasteiger partial charge is 0.507 e. The molecule has 0 amide bonds. The zero-order valence-electron chi connectivity index (χ0n) is 34.7. The van der Waals surface area contributed by atoms with Crippen LogP contribution in [-0.4, -0.2) is 72.5 Å². The average molecular weight is 833 g/mol. The van der Waals surface area contributed by atoms with E-state index in [2.05, 4.69) is 32.8 Å². The fraction of sp³-hybridized carbons (Fsp3) is 0.463. The van der Waals surface area contributed by atoms with Crippen LogP contribution in [-0.2, 0) is 62.8 Å². The maximum absolute atomic E-state index is 12.5. The average Bonchev–Trinajstić information content (AvgIpc) is 3.74. The van der Waals surface area contributed by atoms with Gasteiger partial charge in [-0.1, -0.05) is 68.2 Å². The van der Waals surface area contributed by atoms with Crippen LogP contribution in [0.2, 0.25) is 25.7 Å². The van der Waals surface area contributed by atoms with Crippen molar-refractivity contribution in [1.29, 1.82) is 0 Å². The van der Waals surface area contributed by atoms with Crippen LogP contribution in [0.5, 0.6) is 11.5 Å². The maximum Gasteiger partial charge on any atom is 0.342 e. The van der Waals surface area contributed by atoms with Gasteiger partial charge in [-0.3, -0.25) is 9.13 Å². The molecule has 4 rings (SSSR count). The van der Waals surface area contributed by atoms with E-state index in [1.54, 1.807) is 12.2 Å². The summed E-state index contributed by atoms with van der Waals surface area (Å²) in [6.45, 7) is 23.2. The zero-order valence-corrected chi connectivity index (χ0v) is 37.5. The number of carbonyl (C=O) groups is 2. The first-order valence-corrected chi connectivity index (χ1v) is 25.4. The van der Waals surface area contributed by atoms with Gasteiger partial charge in [0.2, 0.25) is 0 Å². The van der Waals surface area contributed by atoms with Gasteiger partial charge in [0.25, 0.3) is 0 Å². The summed E-state index contributed by atoms with van der Waals surface area (Å²) < 4.78 is 61.3. The quantitative estimate of drug-likeness (QED) is 0.0658. The Morgan fingerprint density at radius 3 is 1.59 bits per heavy atom. The lowest BCUT2D eigenvalue weighted by atomic mass is 9.90. The molecule has 12 nitrogen and oxygen atoms in total. The third-order valence-corrected chi connectivity index (χ3v) is 15.6. The predicted molar refractivity (Wildman–Crippen MR) is 224 cm³/mol. The Morgan fingerprint density at radius 1 is 0.750 bits per heavy atom. The van der Waals surface area contributed by atoms with Crippen molar-refractivity contribution in [1.82, 2.24) is 0 Å². The molecule has 0 saturated carbocycles. The minimum absolute atomic E-state index is 0.0799. The third-order valence-electron chi connectivity index (χ3n) is 9.91. The fourth-order valence-corrected chi connectivity index (χ4v) is 9.49. The molecule has 2 heterocycles. The molecule has 1 N–H and O–H groups in total. The number of carbonyl (C=O) groups excluding carboxylic acids is 2. The van der Waals surface area contributed by atoms with Crippen molar-refractivity contribution in [3.05, 3.63) is 92.1 Å². The number of ether oxygens (including phenoxy) is 3. The number of hydrogen-bond acceptors (Lipinski definition) is 12. The first-order chi connectivity index (χ1) is 26.2. The van der Waals surface area contributed by atoms with E-state index in [-0.39, 0.29) is 42.8 Å². The highest BCUT2D eigenvalue weighted by atomic mass is 31.2. The molecule has 0 aliphatic carbocycles. The number of cyclic esters (lactones) is 2. The second-order valence-electron chi connectivity index (χ2n) is 14.9. The van der Waals surface area contributed by atoms with Gasteiger partial charge in [0, 0.05) is 58.8 Å². The Labute approximate surface area is 333 Å². The minimum atomic E-state index is -3.15. The second kappa shape index (κ2) is 19.7. The van der Waals surface area contributed by atoms with Gasteiger partial charge in [0.05, 0.1) is 18.9 Å². The summed E-state index contributed by atoms with van der Waals surface area (Å²) in [5.74, 6) is -0.357. The lowest BCUT2D eigenvalue weighted by Gasteiger charge is -2.21. The summed E-state index contributed by atoms with van der Waals surface area (Å²) in [6, 6.07) is 0.979. The van der Waals surface area contributed by atoms with E-state index >= 15 is 0 Å². The van der Waals surface area contributed by atoms with Gasteiger partial charge in [-0.15, -0.1) is 0 Å². The van der Waals surface area contributed by atoms with E-state index in [0.29, 0.717) is 41.9 Å². The third kappa shape index (κ3) is 11.1. The van der Waals surface area contributed by atoms with Crippen molar-refractivity contribution in [3.8, 4) is 11.5 Å². The number of hydrogen-bond donors (Lipinski definition) is 1. The lowest BCUT2D eigenvalue weighted by molar-refractivity contribution is 0.0523. The number of aromatic hydroxyl groups is 1. The van der Waals surface area contributed by atoms with Gasteiger partial charge in [0.15, 0.2) is 0 Å². The van der Waals surface area contributed by atoms with Crippen molar-refractivity contribution in [2.45, 2.75) is 79.4 Å². The highest BCUT2D eigenvalue weighted by Gasteiger charge is 2.33. The molecule has 2 aliphatic rings. The molecule has 0 saturated heterocycles. The Morgan fingerprint density at radius 2 is 1.16 bits per heavy atom. The molecule has 0 atom stereocenters. The number of rotatable bonds is 18. The molecule has 0 radical (unpaired) electrons. The van der Waals surface area contributed by atoms with Gasteiger partial charge >= 0.3 is 27.1 Å². The predicted octanol–water partition coefficient (Wildman–Crippen LogP) is 9.99. The van der Waals surface area contributed by atoms with Crippen molar-refractivity contribution >= 4 is 47.4 Å². The highest BCUT2D eigenvalue weighted by Crippen LogP contribution is 2.49. The molecule has 56 heavy (non-hydrogen) atoms. The smallest absolute Gasteiger partial charge is 0.342 e. The van der Waals surface area contributed by atoms with Crippen LogP contribution in [0.1, 0.15) is 79.1 Å². The van der Waals surface area contributed by atoms with Crippen LogP contribution >= 0.6 is 15.2 Å². The van der Waals surface area contributed by atoms with Crippen molar-refractivity contribution < 1.29 is 56.1 Å². The van der Waals surface area contributed by atoms with E-state index in [1.165, 1.54) is 28.4 Å². The molecule has 0 fully saturated rings. The Bertz CT molecular complexity index is 1990. The molecule has 0 aromatic heterocycles. The van der Waals surface area contributed by atoms with Crippen LogP contribution in [0.25, 0.3) is 12.2 Å². The molecule has 0 unspecified atom stereocenters. The minimum Gasteiger partial charge on any atom is -0.507 e. The van der Waals surface area contributed by atoms with Crippen LogP contribution in [0.4, 0.5) is 0 Å². The van der Waals surface area contributed by atoms with Crippen LogP contribution < -0.4 is 4.74 Å². The first kappa shape index (κ1) is 46.8. The van der Waals surface area contributed by atoms with Gasteiger partial charge in [-0.25, -0.2) is 9.59 Å². The van der Waals surface area contributed by atoms with Crippen molar-refractivity contribution in [3.63, 3.8) is 0 Å². The SMILES string of the molecule is C=Cc1c(C)c2c(c(O)c1C/C=C(\C)CP(=O)(OC)OC)C(=O)OC2.C=Cc1c(C)c2c(c(OCC[Si](C)(C)C)c1C/C=C(\C)CP(=O)(OC)OC)C(=O)OC2. The van der Waals surface area contributed by atoms with Gasteiger partial charge in [-0.05, 0) is 68.8 Å². The molecule has 15 heteroatoms. The van der Waals surface area contributed by atoms with E-state index in [9.17, 15) is 23.8 Å². The van der Waals surface area contributed by atoms with E-state index in [1.807, 2.05) is 39.8 Å². The Balaban J connectivity index is 0.000000307. The molecular formula is C41H58O12P2Si. The van der Waals surface area contributed by atoms with Crippen molar-refractivity contribution in [2.75, 3.05) is 47.4 Å². The van der Waals surface area contributed by atoms with E-state index in [4.69, 9.17) is 32.3 Å². The number of phenols is 1. The van der Waals surface area contributed by atoms with E-state index < -0.39 is 29.2 Å². The summed E-state index contributed by atoms with van der Waals surface area (Å²) in [5.41, 5.74) is 9.05. The first-order valence-electron chi connectivity index (χ1n) is 18.2. The molecule has 0 bridgehead atoms. The number of fused-ring (bicyclic) bond motifs is 2.